The molecule has 0 saturated heterocycles. The van der Waals surface area contributed by atoms with Crippen molar-refractivity contribution < 1.29 is 8.42 Å². The predicted molar refractivity (Wildman–Crippen MR) is 107 cm³/mol. The van der Waals surface area contributed by atoms with E-state index >= 15 is 0 Å². The number of sulfonamides is 1. The van der Waals surface area contributed by atoms with Crippen molar-refractivity contribution >= 4 is 31.9 Å². The van der Waals surface area contributed by atoms with E-state index in [0.29, 0.717) is 13.1 Å². The minimum Gasteiger partial charge on any atom is -0.352 e. The Morgan fingerprint density at radius 1 is 1.31 bits per heavy atom. The summed E-state index contributed by atoms with van der Waals surface area (Å²) in [6, 6.07) is 8.84. The smallest absolute Gasteiger partial charge is 0.240 e. The van der Waals surface area contributed by atoms with Gasteiger partial charge in [-0.1, -0.05) is 12.1 Å². The van der Waals surface area contributed by atoms with Crippen LogP contribution in [0.5, 0.6) is 0 Å². The van der Waals surface area contributed by atoms with Gasteiger partial charge in [-0.25, -0.2) is 13.1 Å². The number of aliphatic imine (C=N–C) groups is 1. The van der Waals surface area contributed by atoms with E-state index < -0.39 is 10.0 Å². The summed E-state index contributed by atoms with van der Waals surface area (Å²) >= 11 is 3.48. The third-order valence-electron chi connectivity index (χ3n) is 4.00. The van der Waals surface area contributed by atoms with Crippen LogP contribution in [0.4, 0.5) is 0 Å². The number of nitrogens with one attached hydrogen (secondary N) is 2. The molecule has 0 aliphatic rings. The van der Waals surface area contributed by atoms with Crippen LogP contribution in [0.2, 0.25) is 0 Å². The molecule has 0 saturated carbocycles. The van der Waals surface area contributed by atoms with Gasteiger partial charge in [-0.3, -0.25) is 4.99 Å². The van der Waals surface area contributed by atoms with Crippen molar-refractivity contribution in [3.8, 4) is 0 Å². The van der Waals surface area contributed by atoms with Gasteiger partial charge >= 0.3 is 0 Å². The molecule has 2 aromatic rings. The van der Waals surface area contributed by atoms with Crippen LogP contribution in [0, 0.1) is 0 Å². The third kappa shape index (κ3) is 5.09. The summed E-state index contributed by atoms with van der Waals surface area (Å²) in [6.07, 6.45) is 2.01. The first kappa shape index (κ1) is 20.5. The summed E-state index contributed by atoms with van der Waals surface area (Å²) < 4.78 is 28.9. The minimum absolute atomic E-state index is 0.250. The Morgan fingerprint density at radius 2 is 1.96 bits per heavy atom. The molecule has 0 amide bonds. The quantitative estimate of drug-likeness (QED) is 0.529. The molecule has 0 unspecified atom stereocenters. The highest BCUT2D eigenvalue weighted by Crippen LogP contribution is 2.15. The number of rotatable bonds is 6. The lowest BCUT2D eigenvalue weighted by Gasteiger charge is -2.22. The molecule has 0 spiro atoms. The van der Waals surface area contributed by atoms with E-state index in [-0.39, 0.29) is 4.90 Å². The van der Waals surface area contributed by atoms with Crippen molar-refractivity contribution in [3.05, 3.63) is 52.3 Å². The molecule has 9 heteroatoms. The number of benzene rings is 1. The zero-order valence-electron chi connectivity index (χ0n) is 15.3. The van der Waals surface area contributed by atoms with Crippen LogP contribution >= 0.6 is 15.9 Å². The Kier molecular flexibility index (Phi) is 6.85. The van der Waals surface area contributed by atoms with E-state index in [0.717, 1.165) is 21.7 Å². The number of halogens is 1. The van der Waals surface area contributed by atoms with Crippen LogP contribution in [0.1, 0.15) is 11.3 Å². The van der Waals surface area contributed by atoms with E-state index in [9.17, 15) is 8.42 Å². The normalized spacial score (nSPS) is 12.3. The molecular weight excluding hydrogens is 418 g/mol. The minimum atomic E-state index is -3.41. The summed E-state index contributed by atoms with van der Waals surface area (Å²) in [4.78, 5) is 6.59. The molecule has 0 aliphatic carbocycles. The monoisotopic (exact) mass is 441 g/mol. The number of hydrogen-bond donors (Lipinski definition) is 2. The largest absolute Gasteiger partial charge is 0.352 e. The zero-order chi connectivity index (χ0) is 19.3. The van der Waals surface area contributed by atoms with Crippen molar-refractivity contribution in [1.29, 1.82) is 0 Å². The van der Waals surface area contributed by atoms with Crippen molar-refractivity contribution in [2.24, 2.45) is 12.0 Å². The Bertz CT molecular complexity index is 875. The summed E-state index contributed by atoms with van der Waals surface area (Å²) in [6.45, 7) is 1.26. The molecule has 1 heterocycles. The Morgan fingerprint density at radius 3 is 2.46 bits per heavy atom. The van der Waals surface area contributed by atoms with Gasteiger partial charge in [0.2, 0.25) is 10.0 Å². The molecule has 2 rings (SSSR count). The fourth-order valence-electron chi connectivity index (χ4n) is 2.51. The van der Waals surface area contributed by atoms with Gasteiger partial charge in [-0.05, 0) is 46.7 Å². The second kappa shape index (κ2) is 8.70. The molecule has 0 radical (unpaired) electrons. The summed E-state index contributed by atoms with van der Waals surface area (Å²) in [5.41, 5.74) is 2.13. The maximum atomic E-state index is 11.8. The van der Waals surface area contributed by atoms with Crippen LogP contribution in [0.15, 0.2) is 50.9 Å². The van der Waals surface area contributed by atoms with Gasteiger partial charge in [0, 0.05) is 44.1 Å². The molecule has 2 N–H and O–H groups in total. The van der Waals surface area contributed by atoms with Gasteiger partial charge in [0.05, 0.1) is 11.4 Å². The number of guanidine groups is 1. The van der Waals surface area contributed by atoms with Gasteiger partial charge in [0.15, 0.2) is 5.96 Å². The lowest BCUT2D eigenvalue weighted by atomic mass is 10.2. The molecule has 0 atom stereocenters. The Labute approximate surface area is 163 Å². The first-order valence-corrected chi connectivity index (χ1v) is 10.3. The average Bonchev–Trinajstić information content (AvgIpc) is 2.93. The highest BCUT2D eigenvalue weighted by molar-refractivity contribution is 9.10. The Hall–Kier alpha value is -1.84. The van der Waals surface area contributed by atoms with Crippen LogP contribution in [-0.4, -0.2) is 45.0 Å². The predicted octanol–water partition coefficient (Wildman–Crippen LogP) is 1.90. The zero-order valence-corrected chi connectivity index (χ0v) is 17.7. The van der Waals surface area contributed by atoms with Crippen LogP contribution < -0.4 is 10.0 Å². The summed E-state index contributed by atoms with van der Waals surface area (Å²) in [5, 5.41) is 3.29. The number of aryl methyl sites for hydroxylation is 1. The standard InChI is InChI=1S/C17H24BrN5O2S/c1-19-17(23(4)12-15-9-14(18)11-22(15)3)21-10-13-5-7-16(8-6-13)26(24,25)20-2/h5-9,11,20H,10,12H2,1-4H3,(H,19,21). The molecule has 0 bridgehead atoms. The fraction of sp³-hybridized carbons (Fsp3) is 0.353. The van der Waals surface area contributed by atoms with E-state index in [1.54, 1.807) is 31.3 Å². The third-order valence-corrected chi connectivity index (χ3v) is 5.86. The van der Waals surface area contributed by atoms with Crippen LogP contribution in [0.3, 0.4) is 0 Å². The van der Waals surface area contributed by atoms with Gasteiger partial charge in [0.25, 0.3) is 0 Å². The van der Waals surface area contributed by atoms with Gasteiger partial charge in [-0.2, -0.15) is 0 Å². The molecule has 7 nitrogen and oxygen atoms in total. The first-order valence-electron chi connectivity index (χ1n) is 8.02. The molecule has 1 aromatic heterocycles. The fourth-order valence-corrected chi connectivity index (χ4v) is 3.81. The second-order valence-electron chi connectivity index (χ2n) is 5.87. The van der Waals surface area contributed by atoms with Gasteiger partial charge in [-0.15, -0.1) is 0 Å². The lowest BCUT2D eigenvalue weighted by Crippen LogP contribution is -2.38. The Balaban J connectivity index is 1.99. The molecule has 26 heavy (non-hydrogen) atoms. The molecule has 0 fully saturated rings. The van der Waals surface area contributed by atoms with Gasteiger partial charge in [0.1, 0.15) is 0 Å². The van der Waals surface area contributed by atoms with E-state index in [1.165, 1.54) is 7.05 Å². The number of hydrogen-bond acceptors (Lipinski definition) is 3. The lowest BCUT2D eigenvalue weighted by molar-refractivity contribution is 0.461. The van der Waals surface area contributed by atoms with E-state index in [2.05, 4.69) is 41.6 Å². The van der Waals surface area contributed by atoms with Crippen molar-refractivity contribution in [1.82, 2.24) is 19.5 Å². The first-order chi connectivity index (χ1) is 12.3. The molecule has 0 aliphatic heterocycles. The highest BCUT2D eigenvalue weighted by Gasteiger charge is 2.12. The number of aromatic nitrogens is 1. The second-order valence-corrected chi connectivity index (χ2v) is 8.67. The van der Waals surface area contributed by atoms with Crippen molar-refractivity contribution in [3.63, 3.8) is 0 Å². The maximum absolute atomic E-state index is 11.8. The van der Waals surface area contributed by atoms with Crippen LogP contribution in [0.25, 0.3) is 0 Å². The molecule has 1 aromatic carbocycles. The van der Waals surface area contributed by atoms with Crippen molar-refractivity contribution in [2.45, 2.75) is 18.0 Å². The average molecular weight is 442 g/mol. The van der Waals surface area contributed by atoms with Gasteiger partial charge < -0.3 is 14.8 Å². The number of nitrogens with zero attached hydrogens (tertiary/aromatic N) is 3. The summed E-state index contributed by atoms with van der Waals surface area (Å²) in [7, 11) is 3.70. The topological polar surface area (TPSA) is 78.7 Å². The van der Waals surface area contributed by atoms with E-state index in [1.807, 2.05) is 25.2 Å². The van der Waals surface area contributed by atoms with E-state index in [4.69, 9.17) is 0 Å². The molecule has 142 valence electrons. The van der Waals surface area contributed by atoms with Crippen LogP contribution in [-0.2, 0) is 30.2 Å². The summed E-state index contributed by atoms with van der Waals surface area (Å²) in [5.74, 6) is 0.759. The highest BCUT2D eigenvalue weighted by atomic mass is 79.9. The maximum Gasteiger partial charge on any atom is 0.240 e. The SMILES string of the molecule is CN=C(NCc1ccc(S(=O)(=O)NC)cc1)N(C)Cc1cc(Br)cn1C. The van der Waals surface area contributed by atoms with Crippen molar-refractivity contribution in [2.75, 3.05) is 21.1 Å². The molecular formula is C17H24BrN5O2S.